The van der Waals surface area contributed by atoms with Crippen molar-refractivity contribution < 1.29 is 0 Å². The molecule has 20 heavy (non-hydrogen) atoms. The number of hydrazine groups is 1. The Morgan fingerprint density at radius 1 is 1.35 bits per heavy atom. The van der Waals surface area contributed by atoms with E-state index in [4.69, 9.17) is 5.84 Å². The van der Waals surface area contributed by atoms with Crippen LogP contribution in [0, 0.1) is 6.92 Å². The minimum atomic E-state index is 0.162. The van der Waals surface area contributed by atoms with Gasteiger partial charge in [-0.1, -0.05) is 0 Å². The number of rotatable bonds is 6. The zero-order chi connectivity index (χ0) is 14.5. The van der Waals surface area contributed by atoms with Gasteiger partial charge in [0.2, 0.25) is 0 Å². The number of hydrogen-bond donors (Lipinski definition) is 2. The first kappa shape index (κ1) is 15.2. The van der Waals surface area contributed by atoms with E-state index in [9.17, 15) is 0 Å². The number of hydrogen-bond acceptors (Lipinski definition) is 4. The maximum absolute atomic E-state index is 5.71. The smallest absolute Gasteiger partial charge is 0.0738 e. The van der Waals surface area contributed by atoms with Crippen molar-refractivity contribution in [2.45, 2.75) is 39.3 Å². The normalized spacial score (nSPS) is 12.6. The summed E-state index contributed by atoms with van der Waals surface area (Å²) in [6, 6.07) is 4.19. The summed E-state index contributed by atoms with van der Waals surface area (Å²) in [4.78, 5) is 4.03. The number of nitrogens with two attached hydrogens (primary N) is 1. The topological polar surface area (TPSA) is 68.8 Å². The molecule has 1 atom stereocenters. The Morgan fingerprint density at radius 3 is 2.65 bits per heavy atom. The molecule has 0 radical (unpaired) electrons. The molecular formula is C14H20BrN5. The number of halogens is 1. The second-order valence-electron chi connectivity index (χ2n) is 4.79. The van der Waals surface area contributed by atoms with E-state index in [0.717, 1.165) is 29.6 Å². The molecule has 2 aromatic heterocycles. The van der Waals surface area contributed by atoms with E-state index in [1.54, 1.807) is 12.4 Å². The van der Waals surface area contributed by atoms with Gasteiger partial charge in [-0.15, -0.1) is 0 Å². The number of nitrogens with one attached hydrogen (secondary N) is 1. The van der Waals surface area contributed by atoms with Crippen molar-refractivity contribution in [2.75, 3.05) is 0 Å². The fourth-order valence-electron chi connectivity index (χ4n) is 2.29. The molecule has 2 aromatic rings. The van der Waals surface area contributed by atoms with Crippen molar-refractivity contribution in [1.29, 1.82) is 0 Å². The quantitative estimate of drug-likeness (QED) is 0.624. The van der Waals surface area contributed by atoms with Crippen molar-refractivity contribution in [3.05, 3.63) is 46.0 Å². The van der Waals surface area contributed by atoms with Crippen LogP contribution >= 0.6 is 15.9 Å². The monoisotopic (exact) mass is 337 g/mol. The molecule has 2 rings (SSSR count). The molecule has 0 spiro atoms. The van der Waals surface area contributed by atoms with Crippen LogP contribution in [-0.2, 0) is 19.4 Å². The summed E-state index contributed by atoms with van der Waals surface area (Å²) in [7, 11) is 0. The van der Waals surface area contributed by atoms with Crippen LogP contribution in [0.4, 0.5) is 0 Å². The lowest BCUT2D eigenvalue weighted by atomic mass is 10.0. The van der Waals surface area contributed by atoms with Crippen LogP contribution in [0.5, 0.6) is 0 Å². The summed E-state index contributed by atoms with van der Waals surface area (Å²) in [5.74, 6) is 5.71. The highest BCUT2D eigenvalue weighted by molar-refractivity contribution is 9.10. The van der Waals surface area contributed by atoms with Gasteiger partial charge in [0.05, 0.1) is 15.9 Å². The van der Waals surface area contributed by atoms with Crippen molar-refractivity contribution in [3.8, 4) is 0 Å². The van der Waals surface area contributed by atoms with E-state index in [-0.39, 0.29) is 6.04 Å². The van der Waals surface area contributed by atoms with E-state index < -0.39 is 0 Å². The molecule has 0 aliphatic heterocycles. The molecule has 0 amide bonds. The van der Waals surface area contributed by atoms with Crippen molar-refractivity contribution in [3.63, 3.8) is 0 Å². The predicted molar refractivity (Wildman–Crippen MR) is 83.1 cm³/mol. The first-order valence-corrected chi connectivity index (χ1v) is 7.51. The Bertz CT molecular complexity index is 552. The molecule has 3 N–H and O–H groups in total. The molecular weight excluding hydrogens is 318 g/mol. The maximum Gasteiger partial charge on any atom is 0.0738 e. The van der Waals surface area contributed by atoms with E-state index in [0.29, 0.717) is 0 Å². The molecule has 0 bridgehead atoms. The molecule has 0 aromatic carbocycles. The van der Waals surface area contributed by atoms with E-state index >= 15 is 0 Å². The summed E-state index contributed by atoms with van der Waals surface area (Å²) < 4.78 is 3.10. The standard InChI is InChI=1S/C14H20BrN5/c1-3-20-13(14(15)10(2)19-20)9-12(18-16)8-11-4-6-17-7-5-11/h4-7,12,18H,3,8-9,16H2,1-2H3. The fourth-order valence-corrected chi connectivity index (χ4v) is 2.74. The van der Waals surface area contributed by atoms with Crippen LogP contribution in [0.2, 0.25) is 0 Å². The highest BCUT2D eigenvalue weighted by atomic mass is 79.9. The van der Waals surface area contributed by atoms with Gasteiger partial charge in [0.25, 0.3) is 0 Å². The van der Waals surface area contributed by atoms with Gasteiger partial charge in [-0.25, -0.2) is 0 Å². The molecule has 0 saturated carbocycles. The van der Waals surface area contributed by atoms with Gasteiger partial charge in [-0.05, 0) is 53.9 Å². The van der Waals surface area contributed by atoms with Crippen LogP contribution in [0.1, 0.15) is 23.9 Å². The Labute approximate surface area is 127 Å². The first-order chi connectivity index (χ1) is 9.65. The van der Waals surface area contributed by atoms with Crippen LogP contribution in [0.25, 0.3) is 0 Å². The number of nitrogens with zero attached hydrogens (tertiary/aromatic N) is 3. The second kappa shape index (κ2) is 6.97. The van der Waals surface area contributed by atoms with Crippen molar-refractivity contribution >= 4 is 15.9 Å². The zero-order valence-electron chi connectivity index (χ0n) is 11.8. The predicted octanol–water partition coefficient (Wildman–Crippen LogP) is 1.99. The van der Waals surface area contributed by atoms with Gasteiger partial charge >= 0.3 is 0 Å². The average Bonchev–Trinajstić information content (AvgIpc) is 2.75. The second-order valence-corrected chi connectivity index (χ2v) is 5.58. The molecule has 108 valence electrons. The average molecular weight is 338 g/mol. The molecule has 2 heterocycles. The summed E-state index contributed by atoms with van der Waals surface area (Å²) in [5.41, 5.74) is 6.32. The molecule has 1 unspecified atom stereocenters. The summed E-state index contributed by atoms with van der Waals surface area (Å²) >= 11 is 3.62. The Morgan fingerprint density at radius 2 is 2.05 bits per heavy atom. The van der Waals surface area contributed by atoms with Crippen LogP contribution in [0.3, 0.4) is 0 Å². The molecule has 5 nitrogen and oxygen atoms in total. The molecule has 0 fully saturated rings. The highest BCUT2D eigenvalue weighted by Crippen LogP contribution is 2.23. The largest absolute Gasteiger partial charge is 0.271 e. The minimum Gasteiger partial charge on any atom is -0.271 e. The fraction of sp³-hybridized carbons (Fsp3) is 0.429. The van der Waals surface area contributed by atoms with Gasteiger partial charge in [0.1, 0.15) is 0 Å². The number of aryl methyl sites for hydroxylation is 2. The van der Waals surface area contributed by atoms with Gasteiger partial charge in [-0.3, -0.25) is 20.9 Å². The Balaban J connectivity index is 2.14. The van der Waals surface area contributed by atoms with Gasteiger partial charge in [0.15, 0.2) is 0 Å². The molecule has 0 aliphatic rings. The number of pyridine rings is 1. The molecule has 0 aliphatic carbocycles. The highest BCUT2D eigenvalue weighted by Gasteiger charge is 2.17. The Hall–Kier alpha value is -1.24. The third-order valence-corrected chi connectivity index (χ3v) is 4.39. The van der Waals surface area contributed by atoms with E-state index in [1.165, 1.54) is 11.3 Å². The summed E-state index contributed by atoms with van der Waals surface area (Å²) in [6.45, 7) is 4.96. The summed E-state index contributed by atoms with van der Waals surface area (Å²) in [5, 5.41) is 4.51. The lowest BCUT2D eigenvalue weighted by Gasteiger charge is -2.17. The summed E-state index contributed by atoms with van der Waals surface area (Å²) in [6.07, 6.45) is 5.30. The van der Waals surface area contributed by atoms with Gasteiger partial charge < -0.3 is 0 Å². The van der Waals surface area contributed by atoms with Crippen molar-refractivity contribution in [1.82, 2.24) is 20.2 Å². The van der Waals surface area contributed by atoms with Gasteiger partial charge in [-0.2, -0.15) is 5.10 Å². The number of aromatic nitrogens is 3. The van der Waals surface area contributed by atoms with Crippen molar-refractivity contribution in [2.24, 2.45) is 5.84 Å². The SMILES string of the molecule is CCn1nc(C)c(Br)c1CC(Cc1ccncc1)NN. The third-order valence-electron chi connectivity index (χ3n) is 3.36. The molecule has 6 heteroatoms. The van der Waals surface area contributed by atoms with E-state index in [2.05, 4.69) is 38.4 Å². The Kier molecular flexibility index (Phi) is 5.28. The van der Waals surface area contributed by atoms with Crippen LogP contribution in [0.15, 0.2) is 29.0 Å². The van der Waals surface area contributed by atoms with Gasteiger partial charge in [0, 0.05) is 31.4 Å². The lowest BCUT2D eigenvalue weighted by molar-refractivity contribution is 0.495. The van der Waals surface area contributed by atoms with Crippen LogP contribution < -0.4 is 11.3 Å². The van der Waals surface area contributed by atoms with E-state index in [1.807, 2.05) is 23.7 Å². The van der Waals surface area contributed by atoms with Crippen LogP contribution in [-0.4, -0.2) is 20.8 Å². The minimum absolute atomic E-state index is 0.162. The first-order valence-electron chi connectivity index (χ1n) is 6.72. The third kappa shape index (κ3) is 3.45. The maximum atomic E-state index is 5.71. The zero-order valence-corrected chi connectivity index (χ0v) is 13.4. The lowest BCUT2D eigenvalue weighted by Crippen LogP contribution is -2.39. The molecule has 0 saturated heterocycles.